The van der Waals surface area contributed by atoms with Crippen molar-refractivity contribution in [2.45, 2.75) is 0 Å². The number of rotatable bonds is 4. The van der Waals surface area contributed by atoms with Gasteiger partial charge in [-0.1, -0.05) is 109 Å². The molecule has 5 nitrogen and oxygen atoms in total. The molecule has 0 amide bonds. The minimum atomic E-state index is 0.596. The molecule has 8 aromatic carbocycles. The molecule has 55 heavy (non-hydrogen) atoms. The van der Waals surface area contributed by atoms with Crippen molar-refractivity contribution in [2.75, 3.05) is 0 Å². The molecular formula is C50H29N5. The normalized spacial score (nSPS) is 11.6. The van der Waals surface area contributed by atoms with Gasteiger partial charge in [0, 0.05) is 49.6 Å². The third kappa shape index (κ3) is 4.45. The van der Waals surface area contributed by atoms with Crippen LogP contribution in [0.25, 0.3) is 103 Å². The van der Waals surface area contributed by atoms with Crippen molar-refractivity contribution in [2.24, 2.45) is 0 Å². The van der Waals surface area contributed by atoms with Crippen molar-refractivity contribution in [3.8, 4) is 28.2 Å². The van der Waals surface area contributed by atoms with Crippen LogP contribution >= 0.6 is 0 Å². The second-order valence-electron chi connectivity index (χ2n) is 13.9. The molecule has 5 heteroatoms. The number of aromatic nitrogens is 3. The second-order valence-corrected chi connectivity index (χ2v) is 13.9. The van der Waals surface area contributed by atoms with Gasteiger partial charge in [-0.05, 0) is 77.7 Å². The number of hydrogen-bond acceptors (Lipinski definition) is 0. The zero-order valence-corrected chi connectivity index (χ0v) is 29.5. The van der Waals surface area contributed by atoms with Crippen molar-refractivity contribution >= 4 is 76.8 Å². The first-order valence-corrected chi connectivity index (χ1v) is 18.3. The quantitative estimate of drug-likeness (QED) is 0.163. The predicted octanol–water partition coefficient (Wildman–Crippen LogP) is 13.7. The Balaban J connectivity index is 1.13. The topological polar surface area (TPSA) is 23.5 Å². The van der Waals surface area contributed by atoms with Crippen LogP contribution in [-0.2, 0) is 0 Å². The SMILES string of the molecule is [C-]#[N+]c1ccc2c(c1)c1ccccc1n2-c1ccc(-c2c([N+]#[C-])cccc2-n2c3ccccc3c3ccc(-n4c5ccccc5c5ccccc54)cc32)cc1. The number of hydrogen-bond donors (Lipinski definition) is 0. The molecule has 0 aliphatic carbocycles. The van der Waals surface area contributed by atoms with E-state index in [1.807, 2.05) is 36.4 Å². The third-order valence-electron chi connectivity index (χ3n) is 11.1. The molecule has 0 aliphatic rings. The van der Waals surface area contributed by atoms with E-state index in [1.165, 1.54) is 10.8 Å². The molecule has 0 aliphatic heterocycles. The minimum Gasteiger partial charge on any atom is -0.310 e. The van der Waals surface area contributed by atoms with Gasteiger partial charge in [-0.2, -0.15) is 0 Å². The van der Waals surface area contributed by atoms with E-state index in [-0.39, 0.29) is 0 Å². The largest absolute Gasteiger partial charge is 0.310 e. The molecule has 0 atom stereocenters. The highest BCUT2D eigenvalue weighted by atomic mass is 15.0. The van der Waals surface area contributed by atoms with E-state index in [0.717, 1.165) is 82.8 Å². The summed E-state index contributed by atoms with van der Waals surface area (Å²) >= 11 is 0. The van der Waals surface area contributed by atoms with Gasteiger partial charge in [-0.25, -0.2) is 9.69 Å². The van der Waals surface area contributed by atoms with Crippen molar-refractivity contribution in [1.29, 1.82) is 0 Å². The van der Waals surface area contributed by atoms with Gasteiger partial charge >= 0.3 is 0 Å². The molecule has 0 saturated carbocycles. The summed E-state index contributed by atoms with van der Waals surface area (Å²) in [5, 5.41) is 6.93. The smallest absolute Gasteiger partial charge is 0.196 e. The fourth-order valence-electron chi connectivity index (χ4n) is 8.75. The molecule has 11 rings (SSSR count). The Bertz CT molecular complexity index is 3400. The van der Waals surface area contributed by atoms with Gasteiger partial charge in [-0.15, -0.1) is 0 Å². The van der Waals surface area contributed by atoms with Crippen molar-refractivity contribution in [3.63, 3.8) is 0 Å². The highest BCUT2D eigenvalue weighted by molar-refractivity contribution is 6.13. The summed E-state index contributed by atoms with van der Waals surface area (Å²) in [5.74, 6) is 0. The average molecular weight is 700 g/mol. The summed E-state index contributed by atoms with van der Waals surface area (Å²) < 4.78 is 6.95. The van der Waals surface area contributed by atoms with Crippen molar-refractivity contribution in [3.05, 3.63) is 199 Å². The van der Waals surface area contributed by atoms with E-state index < -0.39 is 0 Å². The molecule has 0 unspecified atom stereocenters. The van der Waals surface area contributed by atoms with E-state index in [1.54, 1.807) is 0 Å². The summed E-state index contributed by atoms with van der Waals surface area (Å²) in [4.78, 5) is 7.77. The van der Waals surface area contributed by atoms with E-state index in [4.69, 9.17) is 13.1 Å². The van der Waals surface area contributed by atoms with Crippen molar-refractivity contribution < 1.29 is 0 Å². The monoisotopic (exact) mass is 699 g/mol. The molecule has 254 valence electrons. The zero-order valence-electron chi connectivity index (χ0n) is 29.5. The molecule has 3 heterocycles. The lowest BCUT2D eigenvalue weighted by molar-refractivity contribution is 1.15. The van der Waals surface area contributed by atoms with Crippen LogP contribution < -0.4 is 0 Å². The maximum atomic E-state index is 8.32. The number of fused-ring (bicyclic) bond motifs is 9. The van der Waals surface area contributed by atoms with Crippen molar-refractivity contribution in [1.82, 2.24) is 13.7 Å². The van der Waals surface area contributed by atoms with Crippen LogP contribution in [0.15, 0.2) is 176 Å². The summed E-state index contributed by atoms with van der Waals surface area (Å²) in [5.41, 5.74) is 12.7. The fourth-order valence-corrected chi connectivity index (χ4v) is 8.75. The molecule has 0 radical (unpaired) electrons. The lowest BCUT2D eigenvalue weighted by Gasteiger charge is -2.17. The van der Waals surface area contributed by atoms with E-state index in [9.17, 15) is 0 Å². The van der Waals surface area contributed by atoms with Gasteiger partial charge < -0.3 is 13.7 Å². The first kappa shape index (κ1) is 30.7. The van der Waals surface area contributed by atoms with E-state index >= 15 is 0 Å². The summed E-state index contributed by atoms with van der Waals surface area (Å²) in [6.45, 7) is 15.9. The minimum absolute atomic E-state index is 0.596. The van der Waals surface area contributed by atoms with Gasteiger partial charge in [0.2, 0.25) is 0 Å². The van der Waals surface area contributed by atoms with E-state index in [2.05, 4.69) is 163 Å². The maximum Gasteiger partial charge on any atom is 0.196 e. The molecule has 0 N–H and O–H groups in total. The Kier molecular flexibility index (Phi) is 6.61. The van der Waals surface area contributed by atoms with Gasteiger partial charge in [0.1, 0.15) is 0 Å². The first-order chi connectivity index (χ1) is 27.2. The Morgan fingerprint density at radius 1 is 0.345 bits per heavy atom. The lowest BCUT2D eigenvalue weighted by Crippen LogP contribution is -1.99. The third-order valence-corrected chi connectivity index (χ3v) is 11.1. The van der Waals surface area contributed by atoms with Gasteiger partial charge in [0.25, 0.3) is 0 Å². The van der Waals surface area contributed by atoms with Crippen LogP contribution in [0.1, 0.15) is 0 Å². The molecule has 3 aromatic heterocycles. The van der Waals surface area contributed by atoms with Crippen LogP contribution in [0.3, 0.4) is 0 Å². The fraction of sp³-hybridized carbons (Fsp3) is 0. The molecule has 0 bridgehead atoms. The molecule has 11 aromatic rings. The maximum absolute atomic E-state index is 8.32. The van der Waals surface area contributed by atoms with Crippen LogP contribution in [0, 0.1) is 13.1 Å². The Hall–Kier alpha value is -7.86. The average Bonchev–Trinajstić information content (AvgIpc) is 3.88. The van der Waals surface area contributed by atoms with Crippen LogP contribution in [-0.4, -0.2) is 13.7 Å². The predicted molar refractivity (Wildman–Crippen MR) is 227 cm³/mol. The molecular weight excluding hydrogens is 671 g/mol. The number of benzene rings is 8. The summed E-state index contributed by atoms with van der Waals surface area (Å²) in [7, 11) is 0. The zero-order chi connectivity index (χ0) is 36.6. The summed E-state index contributed by atoms with van der Waals surface area (Å²) in [6.07, 6.45) is 0. The summed E-state index contributed by atoms with van der Waals surface area (Å²) in [6, 6.07) is 61.4. The van der Waals surface area contributed by atoms with Crippen LogP contribution in [0.2, 0.25) is 0 Å². The van der Waals surface area contributed by atoms with Gasteiger partial charge in [-0.3, -0.25) is 0 Å². The molecule has 0 saturated heterocycles. The Labute approximate surface area is 316 Å². The molecule has 0 fully saturated rings. The van der Waals surface area contributed by atoms with Gasteiger partial charge in [0.15, 0.2) is 11.4 Å². The second kappa shape index (κ2) is 11.8. The van der Waals surface area contributed by atoms with E-state index in [0.29, 0.717) is 11.4 Å². The Morgan fingerprint density at radius 2 is 0.855 bits per heavy atom. The standard InChI is InChI=1S/C50H29N5/c1-51-33-24-29-47-41(30-33)39-15-6-9-19-45(39)53(47)34-25-22-32(23-26-34)50-42(52-2)16-11-21-48(50)55-46-20-10-5-14-38(46)40-28-27-35(31-49(40)55)54-43-17-7-3-12-36(43)37-13-4-8-18-44(37)54/h3-31H. The van der Waals surface area contributed by atoms with Crippen LogP contribution in [0.5, 0.6) is 0 Å². The molecule has 0 spiro atoms. The number of para-hydroxylation sites is 4. The Morgan fingerprint density at radius 3 is 1.45 bits per heavy atom. The van der Waals surface area contributed by atoms with Gasteiger partial charge in [0.05, 0.1) is 46.2 Å². The van der Waals surface area contributed by atoms with Crippen LogP contribution in [0.4, 0.5) is 11.4 Å². The highest BCUT2D eigenvalue weighted by Crippen LogP contribution is 2.43. The highest BCUT2D eigenvalue weighted by Gasteiger charge is 2.20. The number of nitrogens with zero attached hydrogens (tertiary/aromatic N) is 5. The lowest BCUT2D eigenvalue weighted by atomic mass is 10.0. The first-order valence-electron chi connectivity index (χ1n) is 18.3.